The van der Waals surface area contributed by atoms with Crippen molar-refractivity contribution >= 4 is 16.9 Å². The van der Waals surface area contributed by atoms with Crippen molar-refractivity contribution in [2.75, 3.05) is 27.2 Å². The Kier molecular flexibility index (Phi) is 5.68. The molecule has 2 aromatic carbocycles. The van der Waals surface area contributed by atoms with Gasteiger partial charge in [0.25, 0.3) is 5.91 Å². The fraction of sp³-hybridized carbons (Fsp3) is 0.333. The Balaban J connectivity index is 1.71. The molecule has 5 heteroatoms. The minimum Gasteiger partial charge on any atom is -0.352 e. The summed E-state index contributed by atoms with van der Waals surface area (Å²) in [5.74, 6) is 0.984. The molecule has 3 aromatic rings. The van der Waals surface area contributed by atoms with Gasteiger partial charge in [-0.3, -0.25) is 4.79 Å². The van der Waals surface area contributed by atoms with E-state index in [0.717, 1.165) is 41.1 Å². The number of benzene rings is 2. The molecule has 1 aromatic heterocycles. The first kappa shape index (κ1) is 18.1. The monoisotopic (exact) mass is 350 g/mol. The Morgan fingerprint density at radius 3 is 2.62 bits per heavy atom. The van der Waals surface area contributed by atoms with Gasteiger partial charge in [0.2, 0.25) is 0 Å². The molecule has 0 fully saturated rings. The second kappa shape index (κ2) is 8.15. The smallest absolute Gasteiger partial charge is 0.251 e. The van der Waals surface area contributed by atoms with Crippen LogP contribution in [0.3, 0.4) is 0 Å². The highest BCUT2D eigenvalue weighted by Gasteiger charge is 2.12. The summed E-state index contributed by atoms with van der Waals surface area (Å²) in [5, 5.41) is 3.02. The zero-order valence-corrected chi connectivity index (χ0v) is 15.7. The number of rotatable bonds is 7. The Bertz CT molecular complexity index is 898. The summed E-state index contributed by atoms with van der Waals surface area (Å²) in [6, 6.07) is 15.8. The molecule has 0 saturated carbocycles. The predicted molar refractivity (Wildman–Crippen MR) is 106 cm³/mol. The summed E-state index contributed by atoms with van der Waals surface area (Å²) in [5.41, 5.74) is 3.87. The minimum atomic E-state index is -0.0287. The van der Waals surface area contributed by atoms with Gasteiger partial charge in [0.1, 0.15) is 5.82 Å². The number of carbonyl (C=O) groups is 1. The molecular formula is C21H26N4O. The average molecular weight is 350 g/mol. The quantitative estimate of drug-likeness (QED) is 0.713. The molecule has 1 heterocycles. The van der Waals surface area contributed by atoms with Crippen molar-refractivity contribution in [3.8, 4) is 0 Å². The Labute approximate surface area is 154 Å². The summed E-state index contributed by atoms with van der Waals surface area (Å²) >= 11 is 0. The van der Waals surface area contributed by atoms with Crippen LogP contribution in [0.1, 0.15) is 21.7 Å². The van der Waals surface area contributed by atoms with E-state index in [2.05, 4.69) is 34.9 Å². The van der Waals surface area contributed by atoms with Crippen LogP contribution >= 0.6 is 0 Å². The number of amides is 1. The number of likely N-dealkylation sites (N-methyl/N-ethyl adjacent to an activating group) is 1. The van der Waals surface area contributed by atoms with Crippen LogP contribution in [0.2, 0.25) is 0 Å². The van der Waals surface area contributed by atoms with Crippen molar-refractivity contribution in [1.29, 1.82) is 0 Å². The molecule has 0 radical (unpaired) electrons. The second-order valence-electron chi connectivity index (χ2n) is 6.79. The lowest BCUT2D eigenvalue weighted by Gasteiger charge is -2.14. The van der Waals surface area contributed by atoms with E-state index in [9.17, 15) is 4.79 Å². The van der Waals surface area contributed by atoms with Crippen LogP contribution in [0.25, 0.3) is 11.0 Å². The van der Waals surface area contributed by atoms with E-state index in [4.69, 9.17) is 4.98 Å². The first-order chi connectivity index (χ1) is 12.6. The summed E-state index contributed by atoms with van der Waals surface area (Å²) in [4.78, 5) is 19.3. The predicted octanol–water partition coefficient (Wildman–Crippen LogP) is 2.88. The Hall–Kier alpha value is -2.66. The fourth-order valence-electron chi connectivity index (χ4n) is 3.08. The lowest BCUT2D eigenvalue weighted by atomic mass is 10.1. The molecule has 0 spiro atoms. The number of carbonyl (C=O) groups excluding carboxylic acids is 1. The van der Waals surface area contributed by atoms with Crippen LogP contribution in [-0.4, -0.2) is 47.5 Å². The van der Waals surface area contributed by atoms with Gasteiger partial charge in [-0.25, -0.2) is 4.98 Å². The fourth-order valence-corrected chi connectivity index (χ4v) is 3.08. The van der Waals surface area contributed by atoms with Gasteiger partial charge in [0.05, 0.1) is 11.0 Å². The third-order valence-corrected chi connectivity index (χ3v) is 4.53. The lowest BCUT2D eigenvalue weighted by molar-refractivity contribution is 0.0953. The molecule has 0 unspecified atom stereocenters. The van der Waals surface area contributed by atoms with Crippen LogP contribution in [0.4, 0.5) is 0 Å². The molecule has 26 heavy (non-hydrogen) atoms. The summed E-state index contributed by atoms with van der Waals surface area (Å²) in [6.45, 7) is 4.35. The topological polar surface area (TPSA) is 50.2 Å². The van der Waals surface area contributed by atoms with Crippen molar-refractivity contribution in [3.63, 3.8) is 0 Å². The van der Waals surface area contributed by atoms with E-state index in [1.54, 1.807) is 0 Å². The van der Waals surface area contributed by atoms with Gasteiger partial charge in [0, 0.05) is 31.6 Å². The van der Waals surface area contributed by atoms with Crippen molar-refractivity contribution < 1.29 is 4.79 Å². The highest BCUT2D eigenvalue weighted by atomic mass is 16.1. The number of para-hydroxylation sites is 2. The van der Waals surface area contributed by atoms with E-state index in [1.165, 1.54) is 0 Å². The van der Waals surface area contributed by atoms with E-state index < -0.39 is 0 Å². The van der Waals surface area contributed by atoms with Crippen LogP contribution in [0.5, 0.6) is 0 Å². The van der Waals surface area contributed by atoms with E-state index in [1.807, 2.05) is 49.4 Å². The summed E-state index contributed by atoms with van der Waals surface area (Å²) < 4.78 is 2.26. The first-order valence-electron chi connectivity index (χ1n) is 8.99. The standard InChI is InChI=1S/C21H26N4O/c1-16-8-4-5-9-17(16)21(26)22-13-12-20-23-18-10-6-7-11-19(18)25(20)15-14-24(2)3/h4-11H,12-15H2,1-3H3,(H,22,26). The van der Waals surface area contributed by atoms with Gasteiger partial charge < -0.3 is 14.8 Å². The van der Waals surface area contributed by atoms with Gasteiger partial charge in [-0.15, -0.1) is 0 Å². The molecular weight excluding hydrogens is 324 g/mol. The number of fused-ring (bicyclic) bond motifs is 1. The minimum absolute atomic E-state index is 0.0287. The Morgan fingerprint density at radius 1 is 1.12 bits per heavy atom. The molecule has 0 aliphatic rings. The third-order valence-electron chi connectivity index (χ3n) is 4.53. The lowest BCUT2D eigenvalue weighted by Crippen LogP contribution is -2.27. The highest BCUT2D eigenvalue weighted by Crippen LogP contribution is 2.16. The molecule has 0 aliphatic heterocycles. The van der Waals surface area contributed by atoms with Gasteiger partial charge >= 0.3 is 0 Å². The number of aryl methyl sites for hydroxylation is 1. The molecule has 0 atom stereocenters. The normalized spacial score (nSPS) is 11.2. The van der Waals surface area contributed by atoms with Crippen LogP contribution in [0, 0.1) is 6.92 Å². The summed E-state index contributed by atoms with van der Waals surface area (Å²) in [6.07, 6.45) is 0.708. The van der Waals surface area contributed by atoms with Crippen molar-refractivity contribution in [2.24, 2.45) is 0 Å². The zero-order chi connectivity index (χ0) is 18.5. The second-order valence-corrected chi connectivity index (χ2v) is 6.79. The molecule has 0 bridgehead atoms. The van der Waals surface area contributed by atoms with E-state index in [0.29, 0.717) is 13.0 Å². The maximum atomic E-state index is 12.4. The zero-order valence-electron chi connectivity index (χ0n) is 15.7. The molecule has 0 saturated heterocycles. The third kappa shape index (κ3) is 4.11. The average Bonchev–Trinajstić information content (AvgIpc) is 2.97. The maximum absolute atomic E-state index is 12.4. The largest absolute Gasteiger partial charge is 0.352 e. The van der Waals surface area contributed by atoms with Gasteiger partial charge in [0.15, 0.2) is 0 Å². The van der Waals surface area contributed by atoms with Gasteiger partial charge in [-0.05, 0) is 44.8 Å². The number of nitrogens with zero attached hydrogens (tertiary/aromatic N) is 3. The Morgan fingerprint density at radius 2 is 1.85 bits per heavy atom. The number of hydrogen-bond donors (Lipinski definition) is 1. The number of hydrogen-bond acceptors (Lipinski definition) is 3. The number of imidazole rings is 1. The SMILES string of the molecule is Cc1ccccc1C(=O)NCCc1nc2ccccc2n1CCN(C)C. The van der Waals surface area contributed by atoms with Crippen LogP contribution < -0.4 is 5.32 Å². The van der Waals surface area contributed by atoms with Crippen molar-refractivity contribution in [3.05, 3.63) is 65.5 Å². The molecule has 1 amide bonds. The molecule has 0 aliphatic carbocycles. The van der Waals surface area contributed by atoms with E-state index >= 15 is 0 Å². The van der Waals surface area contributed by atoms with Gasteiger partial charge in [-0.2, -0.15) is 0 Å². The number of nitrogens with one attached hydrogen (secondary N) is 1. The van der Waals surface area contributed by atoms with Crippen LogP contribution in [0.15, 0.2) is 48.5 Å². The van der Waals surface area contributed by atoms with Crippen molar-refractivity contribution in [1.82, 2.24) is 19.8 Å². The molecule has 3 rings (SSSR count). The van der Waals surface area contributed by atoms with Gasteiger partial charge in [-0.1, -0.05) is 30.3 Å². The van der Waals surface area contributed by atoms with Crippen molar-refractivity contribution in [2.45, 2.75) is 19.9 Å². The number of aromatic nitrogens is 2. The molecule has 5 nitrogen and oxygen atoms in total. The van der Waals surface area contributed by atoms with Crippen LogP contribution in [-0.2, 0) is 13.0 Å². The van der Waals surface area contributed by atoms with E-state index in [-0.39, 0.29) is 5.91 Å². The summed E-state index contributed by atoms with van der Waals surface area (Å²) in [7, 11) is 4.14. The maximum Gasteiger partial charge on any atom is 0.251 e. The molecule has 1 N–H and O–H groups in total. The first-order valence-corrected chi connectivity index (χ1v) is 8.99. The highest BCUT2D eigenvalue weighted by molar-refractivity contribution is 5.95. The molecule has 136 valence electrons.